The number of fused-ring (bicyclic) bond motifs is 1. The van der Waals surface area contributed by atoms with E-state index >= 15 is 0 Å². The molecule has 5 nitrogen and oxygen atoms in total. The molecule has 0 spiro atoms. The van der Waals surface area contributed by atoms with E-state index in [1.54, 1.807) is 0 Å². The van der Waals surface area contributed by atoms with E-state index in [-0.39, 0.29) is 17.7 Å². The number of benzene rings is 2. The van der Waals surface area contributed by atoms with Gasteiger partial charge in [0.25, 0.3) is 0 Å². The van der Waals surface area contributed by atoms with Crippen molar-refractivity contribution in [3.63, 3.8) is 0 Å². The molecule has 1 fully saturated rings. The van der Waals surface area contributed by atoms with Crippen molar-refractivity contribution in [2.24, 2.45) is 0 Å². The first-order valence-electron chi connectivity index (χ1n) is 9.69. The molecule has 0 N–H and O–H groups in total. The van der Waals surface area contributed by atoms with Crippen molar-refractivity contribution in [3.8, 4) is 0 Å². The molecule has 1 aliphatic rings. The Bertz CT molecular complexity index is 934. The number of amides is 1. The van der Waals surface area contributed by atoms with Gasteiger partial charge < -0.3 is 9.32 Å². The SMILES string of the molecule is CC(C)c1nnc(C2CCN(C(=O)Cc3cccc4ccccc34)CC2)o1. The minimum absolute atomic E-state index is 0.193. The Hall–Kier alpha value is -2.69. The van der Waals surface area contributed by atoms with Crippen LogP contribution in [-0.2, 0) is 11.2 Å². The molecule has 0 bridgehead atoms. The summed E-state index contributed by atoms with van der Waals surface area (Å²) in [5.74, 6) is 2.11. The maximum absolute atomic E-state index is 12.8. The molecular formula is C22H25N3O2. The van der Waals surface area contributed by atoms with E-state index in [1.807, 2.05) is 36.9 Å². The zero-order valence-corrected chi connectivity index (χ0v) is 15.9. The van der Waals surface area contributed by atoms with E-state index in [2.05, 4.69) is 34.5 Å². The van der Waals surface area contributed by atoms with Gasteiger partial charge in [0.15, 0.2) is 0 Å². The van der Waals surface area contributed by atoms with Crippen molar-refractivity contribution in [3.05, 3.63) is 59.8 Å². The topological polar surface area (TPSA) is 59.2 Å². The standard InChI is InChI=1S/C22H25N3O2/c1-15(2)21-23-24-22(27-21)17-10-12-25(13-11-17)20(26)14-18-8-5-7-16-6-3-4-9-19(16)18/h3-9,15,17H,10-14H2,1-2H3. The van der Waals surface area contributed by atoms with Crippen molar-refractivity contribution >= 4 is 16.7 Å². The first kappa shape index (κ1) is 17.7. The number of carbonyl (C=O) groups is 1. The van der Waals surface area contributed by atoms with Crippen LogP contribution in [0.4, 0.5) is 0 Å². The highest BCUT2D eigenvalue weighted by Gasteiger charge is 2.27. The molecule has 1 saturated heterocycles. The molecule has 2 aromatic carbocycles. The second-order valence-corrected chi connectivity index (χ2v) is 7.60. The summed E-state index contributed by atoms with van der Waals surface area (Å²) in [6, 6.07) is 14.4. The molecule has 1 aliphatic heterocycles. The first-order valence-corrected chi connectivity index (χ1v) is 9.69. The monoisotopic (exact) mass is 363 g/mol. The van der Waals surface area contributed by atoms with Gasteiger partial charge in [-0.3, -0.25) is 4.79 Å². The average Bonchev–Trinajstić information content (AvgIpc) is 3.19. The number of hydrogen-bond donors (Lipinski definition) is 0. The number of aromatic nitrogens is 2. The Kier molecular flexibility index (Phi) is 4.92. The fraction of sp³-hybridized carbons (Fsp3) is 0.409. The zero-order chi connectivity index (χ0) is 18.8. The van der Waals surface area contributed by atoms with Gasteiger partial charge in [0.1, 0.15) is 0 Å². The Morgan fingerprint density at radius 2 is 1.85 bits per heavy atom. The molecule has 1 aromatic heterocycles. The zero-order valence-electron chi connectivity index (χ0n) is 15.9. The molecule has 0 saturated carbocycles. The van der Waals surface area contributed by atoms with Gasteiger partial charge in [-0.25, -0.2) is 0 Å². The molecule has 1 amide bonds. The van der Waals surface area contributed by atoms with Crippen molar-refractivity contribution < 1.29 is 9.21 Å². The van der Waals surface area contributed by atoms with Gasteiger partial charge in [-0.2, -0.15) is 0 Å². The van der Waals surface area contributed by atoms with E-state index in [0.717, 1.165) is 42.8 Å². The normalized spacial score (nSPS) is 15.6. The molecule has 0 atom stereocenters. The van der Waals surface area contributed by atoms with Crippen LogP contribution < -0.4 is 0 Å². The van der Waals surface area contributed by atoms with Crippen molar-refractivity contribution in [1.82, 2.24) is 15.1 Å². The van der Waals surface area contributed by atoms with E-state index in [0.29, 0.717) is 12.3 Å². The van der Waals surface area contributed by atoms with Gasteiger partial charge in [0, 0.05) is 24.9 Å². The summed E-state index contributed by atoms with van der Waals surface area (Å²) in [5, 5.41) is 10.7. The third-order valence-corrected chi connectivity index (χ3v) is 5.37. The highest BCUT2D eigenvalue weighted by molar-refractivity contribution is 5.90. The lowest BCUT2D eigenvalue weighted by Crippen LogP contribution is -2.38. The predicted octanol–water partition coefficient (Wildman–Crippen LogP) is 4.29. The maximum atomic E-state index is 12.8. The van der Waals surface area contributed by atoms with E-state index < -0.39 is 0 Å². The van der Waals surface area contributed by atoms with Crippen LogP contribution in [0.2, 0.25) is 0 Å². The maximum Gasteiger partial charge on any atom is 0.227 e. The van der Waals surface area contributed by atoms with E-state index in [1.165, 1.54) is 5.39 Å². The second-order valence-electron chi connectivity index (χ2n) is 7.60. The van der Waals surface area contributed by atoms with Crippen molar-refractivity contribution in [2.45, 2.75) is 44.9 Å². The van der Waals surface area contributed by atoms with Crippen LogP contribution >= 0.6 is 0 Å². The largest absolute Gasteiger partial charge is 0.425 e. The lowest BCUT2D eigenvalue weighted by Gasteiger charge is -2.30. The smallest absolute Gasteiger partial charge is 0.227 e. The second kappa shape index (κ2) is 7.51. The lowest BCUT2D eigenvalue weighted by atomic mass is 9.96. The average molecular weight is 363 g/mol. The van der Waals surface area contributed by atoms with Crippen LogP contribution in [0.25, 0.3) is 10.8 Å². The number of likely N-dealkylation sites (tertiary alicyclic amines) is 1. The van der Waals surface area contributed by atoms with Crippen LogP contribution in [0.5, 0.6) is 0 Å². The van der Waals surface area contributed by atoms with Gasteiger partial charge >= 0.3 is 0 Å². The van der Waals surface area contributed by atoms with Crippen LogP contribution in [0.1, 0.15) is 55.9 Å². The number of carbonyl (C=O) groups excluding carboxylic acids is 1. The van der Waals surface area contributed by atoms with Gasteiger partial charge in [0.05, 0.1) is 6.42 Å². The summed E-state index contributed by atoms with van der Waals surface area (Å²) in [6.07, 6.45) is 2.20. The van der Waals surface area contributed by atoms with Crippen LogP contribution in [0, 0.1) is 0 Å². The molecule has 4 rings (SSSR count). The number of nitrogens with zero attached hydrogens (tertiary/aromatic N) is 3. The Morgan fingerprint density at radius 3 is 2.59 bits per heavy atom. The highest BCUT2D eigenvalue weighted by atomic mass is 16.4. The number of hydrogen-bond acceptors (Lipinski definition) is 4. The molecule has 0 aliphatic carbocycles. The highest BCUT2D eigenvalue weighted by Crippen LogP contribution is 2.29. The van der Waals surface area contributed by atoms with E-state index in [9.17, 15) is 4.79 Å². The Labute approximate surface area is 159 Å². The lowest BCUT2D eigenvalue weighted by molar-refractivity contribution is -0.131. The van der Waals surface area contributed by atoms with Gasteiger partial charge in [0.2, 0.25) is 17.7 Å². The van der Waals surface area contributed by atoms with Crippen molar-refractivity contribution in [2.75, 3.05) is 13.1 Å². The minimum Gasteiger partial charge on any atom is -0.425 e. The molecule has 27 heavy (non-hydrogen) atoms. The molecule has 5 heteroatoms. The van der Waals surface area contributed by atoms with E-state index in [4.69, 9.17) is 4.42 Å². The Morgan fingerprint density at radius 1 is 1.11 bits per heavy atom. The fourth-order valence-corrected chi connectivity index (χ4v) is 3.74. The summed E-state index contributed by atoms with van der Waals surface area (Å²) in [4.78, 5) is 14.8. The third kappa shape index (κ3) is 3.72. The molecule has 0 radical (unpaired) electrons. The predicted molar refractivity (Wildman–Crippen MR) is 105 cm³/mol. The quantitative estimate of drug-likeness (QED) is 0.694. The fourth-order valence-electron chi connectivity index (χ4n) is 3.74. The molecule has 2 heterocycles. The van der Waals surface area contributed by atoms with Gasteiger partial charge in [-0.1, -0.05) is 56.3 Å². The van der Waals surface area contributed by atoms with Crippen LogP contribution in [-0.4, -0.2) is 34.1 Å². The van der Waals surface area contributed by atoms with Crippen LogP contribution in [0.3, 0.4) is 0 Å². The number of rotatable bonds is 4. The summed E-state index contributed by atoms with van der Waals surface area (Å²) >= 11 is 0. The van der Waals surface area contributed by atoms with Gasteiger partial charge in [-0.15, -0.1) is 10.2 Å². The van der Waals surface area contributed by atoms with Gasteiger partial charge in [-0.05, 0) is 29.2 Å². The molecule has 3 aromatic rings. The third-order valence-electron chi connectivity index (χ3n) is 5.37. The van der Waals surface area contributed by atoms with Crippen molar-refractivity contribution in [1.29, 1.82) is 0 Å². The summed E-state index contributed by atoms with van der Waals surface area (Å²) in [7, 11) is 0. The molecule has 0 unspecified atom stereocenters. The molecular weight excluding hydrogens is 338 g/mol. The summed E-state index contributed by atoms with van der Waals surface area (Å²) in [5.41, 5.74) is 1.10. The summed E-state index contributed by atoms with van der Waals surface area (Å²) in [6.45, 7) is 5.58. The number of piperidine rings is 1. The minimum atomic E-state index is 0.193. The first-order chi connectivity index (χ1) is 13.1. The Balaban J connectivity index is 1.39. The van der Waals surface area contributed by atoms with Crippen LogP contribution in [0.15, 0.2) is 46.9 Å². The molecule has 140 valence electrons. The summed E-state index contributed by atoms with van der Waals surface area (Å²) < 4.78 is 5.80.